The highest BCUT2D eigenvalue weighted by Gasteiger charge is 2.54. The third kappa shape index (κ3) is 7.78. The van der Waals surface area contributed by atoms with Crippen LogP contribution in [-0.2, 0) is 29.2 Å². The SMILES string of the molecule is CSCC1=C(C(=O)O)N2C(=O)C(NC(=O)[C@H](N)c3cccc(NS(C)(=O)=O)c3)[C@@H]2SC1.O=C(O)C(F)(F)F. The van der Waals surface area contributed by atoms with E-state index < -0.39 is 57.4 Å². The molecule has 12 nitrogen and oxygen atoms in total. The number of β-lactam (4-membered cyclic amide) rings is 1. The van der Waals surface area contributed by atoms with Gasteiger partial charge >= 0.3 is 18.1 Å². The number of hydrogen-bond acceptors (Lipinski definition) is 9. The lowest BCUT2D eigenvalue weighted by molar-refractivity contribution is -0.192. The maximum Gasteiger partial charge on any atom is 0.490 e. The molecule has 0 bridgehead atoms. The Hall–Kier alpha value is -2.96. The molecule has 1 aromatic rings. The molecule has 0 spiro atoms. The predicted octanol–water partition coefficient (Wildman–Crippen LogP) is 0.793. The average Bonchev–Trinajstić information content (AvgIpc) is 2.80. The average molecular weight is 601 g/mol. The number of carboxylic acid groups (broad SMARTS) is 2. The molecule has 0 aromatic heterocycles. The van der Waals surface area contributed by atoms with Crippen LogP contribution in [0.4, 0.5) is 18.9 Å². The number of nitrogens with two attached hydrogens (primary N) is 1. The van der Waals surface area contributed by atoms with Crippen LogP contribution in [0.1, 0.15) is 11.6 Å². The second kappa shape index (κ2) is 12.3. The van der Waals surface area contributed by atoms with Gasteiger partial charge in [-0.25, -0.2) is 18.0 Å². The quantitative estimate of drug-likeness (QED) is 0.265. The number of carbonyl (C=O) groups excluding carboxylic acids is 2. The molecule has 1 aromatic carbocycles. The third-order valence-corrected chi connectivity index (χ3v) is 7.52. The summed E-state index contributed by atoms with van der Waals surface area (Å²) in [6, 6.07) is 4.06. The van der Waals surface area contributed by atoms with Crippen molar-refractivity contribution in [2.24, 2.45) is 5.73 Å². The van der Waals surface area contributed by atoms with Gasteiger partial charge in [-0.05, 0) is 29.5 Å². The molecule has 3 rings (SSSR count). The second-order valence-electron chi connectivity index (χ2n) is 7.87. The molecule has 3 atom stereocenters. The van der Waals surface area contributed by atoms with Gasteiger partial charge in [0.05, 0.1) is 6.26 Å². The van der Waals surface area contributed by atoms with Gasteiger partial charge in [0.1, 0.15) is 23.2 Å². The molecule has 6 N–H and O–H groups in total. The number of aliphatic carboxylic acids is 2. The van der Waals surface area contributed by atoms with Crippen molar-refractivity contribution in [1.29, 1.82) is 0 Å². The van der Waals surface area contributed by atoms with E-state index >= 15 is 0 Å². The molecule has 1 fully saturated rings. The zero-order valence-electron chi connectivity index (χ0n) is 19.7. The van der Waals surface area contributed by atoms with Gasteiger partial charge in [0, 0.05) is 17.2 Å². The van der Waals surface area contributed by atoms with Crippen molar-refractivity contribution < 1.29 is 51.0 Å². The van der Waals surface area contributed by atoms with Crippen LogP contribution < -0.4 is 15.8 Å². The Morgan fingerprint density at radius 1 is 1.29 bits per heavy atom. The molecular formula is C20H23F3N4O8S3. The van der Waals surface area contributed by atoms with E-state index in [-0.39, 0.29) is 11.4 Å². The summed E-state index contributed by atoms with van der Waals surface area (Å²) in [6.07, 6.45) is -2.22. The third-order valence-electron chi connectivity index (χ3n) is 4.94. The lowest BCUT2D eigenvalue weighted by Gasteiger charge is -2.49. The number of benzene rings is 1. The van der Waals surface area contributed by atoms with Crippen molar-refractivity contribution in [1.82, 2.24) is 10.2 Å². The number of hydrogen-bond donors (Lipinski definition) is 5. The predicted molar refractivity (Wildman–Crippen MR) is 134 cm³/mol. The zero-order chi connectivity index (χ0) is 29.0. The first kappa shape index (κ1) is 31.3. The molecule has 1 unspecified atom stereocenters. The Kier molecular flexibility index (Phi) is 10.1. The van der Waals surface area contributed by atoms with Crippen LogP contribution in [0.2, 0.25) is 0 Å². The van der Waals surface area contributed by atoms with Crippen LogP contribution in [0.3, 0.4) is 0 Å². The van der Waals surface area contributed by atoms with Gasteiger partial charge in [0.25, 0.3) is 5.91 Å². The van der Waals surface area contributed by atoms with Crippen LogP contribution in [0.5, 0.6) is 0 Å². The molecular weight excluding hydrogens is 577 g/mol. The Bertz CT molecular complexity index is 1260. The van der Waals surface area contributed by atoms with E-state index in [2.05, 4.69) is 10.0 Å². The molecule has 18 heteroatoms. The second-order valence-corrected chi connectivity index (χ2v) is 11.6. The van der Waals surface area contributed by atoms with Crippen molar-refractivity contribution in [3.05, 3.63) is 41.1 Å². The van der Waals surface area contributed by atoms with Crippen molar-refractivity contribution in [2.75, 3.05) is 28.7 Å². The number of rotatable bonds is 8. The standard InChI is InChI=1S/C18H22N4O6S3.C2HF3O2/c1-29-7-10-8-30-17-13(16(24)22(17)14(10)18(25)26)20-15(23)12(19)9-4-3-5-11(6-9)21-31(2,27)28;3-2(4,5)1(6)7/h3-6,12-13,17,21H,7-8,19H2,1-2H3,(H,20,23)(H,25,26);(H,6,7)/t12-,13?,17+;/m1./s1. The highest BCUT2D eigenvalue weighted by Crippen LogP contribution is 2.41. The van der Waals surface area contributed by atoms with E-state index in [9.17, 15) is 41.1 Å². The number of halogens is 3. The van der Waals surface area contributed by atoms with Gasteiger partial charge < -0.3 is 21.3 Å². The van der Waals surface area contributed by atoms with E-state index in [0.717, 1.165) is 6.26 Å². The maximum absolute atomic E-state index is 12.7. The normalized spacial score (nSPS) is 19.8. The summed E-state index contributed by atoms with van der Waals surface area (Å²) in [5.74, 6) is -4.08. The number of carboxylic acids is 2. The molecule has 2 heterocycles. The van der Waals surface area contributed by atoms with Gasteiger partial charge in [-0.3, -0.25) is 19.2 Å². The van der Waals surface area contributed by atoms with Crippen molar-refractivity contribution in [3.63, 3.8) is 0 Å². The first-order chi connectivity index (χ1) is 17.5. The number of nitrogens with zero attached hydrogens (tertiary/aromatic N) is 1. The Morgan fingerprint density at radius 3 is 2.39 bits per heavy atom. The van der Waals surface area contributed by atoms with Gasteiger partial charge in [0.15, 0.2) is 0 Å². The number of alkyl halides is 3. The first-order valence-corrected chi connectivity index (χ1v) is 14.6. The summed E-state index contributed by atoms with van der Waals surface area (Å²) in [5, 5.41) is 18.8. The van der Waals surface area contributed by atoms with Crippen LogP contribution in [0.25, 0.3) is 0 Å². The fourth-order valence-electron chi connectivity index (χ4n) is 3.37. The number of sulfonamides is 1. The van der Waals surface area contributed by atoms with Crippen LogP contribution in [0, 0.1) is 0 Å². The summed E-state index contributed by atoms with van der Waals surface area (Å²) in [5.41, 5.74) is 7.30. The Balaban J connectivity index is 0.000000638. The maximum atomic E-state index is 12.7. The van der Waals surface area contributed by atoms with Crippen molar-refractivity contribution >= 4 is 63.0 Å². The summed E-state index contributed by atoms with van der Waals surface area (Å²) < 4.78 is 56.9. The number of amides is 2. The van der Waals surface area contributed by atoms with Gasteiger partial charge in [0.2, 0.25) is 15.9 Å². The van der Waals surface area contributed by atoms with E-state index in [4.69, 9.17) is 15.6 Å². The monoisotopic (exact) mass is 600 g/mol. The molecule has 2 aliphatic heterocycles. The minimum absolute atomic E-state index is 0.0163. The smallest absolute Gasteiger partial charge is 0.477 e. The highest BCUT2D eigenvalue weighted by molar-refractivity contribution is 8.00. The Morgan fingerprint density at radius 2 is 1.89 bits per heavy atom. The Labute approximate surface area is 223 Å². The number of anilines is 1. The number of thioether (sulfide) groups is 2. The van der Waals surface area contributed by atoms with Crippen LogP contribution in [0.15, 0.2) is 35.5 Å². The summed E-state index contributed by atoms with van der Waals surface area (Å²) >= 11 is 2.86. The van der Waals surface area contributed by atoms with E-state index in [1.165, 1.54) is 40.6 Å². The van der Waals surface area contributed by atoms with E-state index in [0.29, 0.717) is 22.6 Å². The van der Waals surface area contributed by atoms with Crippen LogP contribution in [-0.4, -0.2) is 88.9 Å². The summed E-state index contributed by atoms with van der Waals surface area (Å²) in [4.78, 5) is 47.1. The number of carbonyl (C=O) groups is 4. The fraction of sp³-hybridized carbons (Fsp3) is 0.400. The van der Waals surface area contributed by atoms with Crippen molar-refractivity contribution in [2.45, 2.75) is 23.6 Å². The topological polar surface area (TPSA) is 196 Å². The minimum Gasteiger partial charge on any atom is -0.477 e. The zero-order valence-corrected chi connectivity index (χ0v) is 22.1. The fourth-order valence-corrected chi connectivity index (χ4v) is 5.99. The lowest BCUT2D eigenvalue weighted by atomic mass is 10.0. The summed E-state index contributed by atoms with van der Waals surface area (Å²) in [7, 11) is -3.49. The first-order valence-electron chi connectivity index (χ1n) is 10.3. The highest BCUT2D eigenvalue weighted by atomic mass is 32.2. The minimum atomic E-state index is -5.08. The van der Waals surface area contributed by atoms with E-state index in [1.807, 2.05) is 6.26 Å². The molecule has 2 aliphatic rings. The molecule has 38 heavy (non-hydrogen) atoms. The molecule has 0 radical (unpaired) electrons. The molecule has 0 aliphatic carbocycles. The number of nitrogens with one attached hydrogen (secondary N) is 2. The molecule has 1 saturated heterocycles. The molecule has 0 saturated carbocycles. The lowest BCUT2D eigenvalue weighted by Crippen LogP contribution is -2.71. The largest absolute Gasteiger partial charge is 0.490 e. The summed E-state index contributed by atoms with van der Waals surface area (Å²) in [6.45, 7) is 0. The molecule has 210 valence electrons. The van der Waals surface area contributed by atoms with E-state index in [1.54, 1.807) is 12.1 Å². The van der Waals surface area contributed by atoms with Gasteiger partial charge in [-0.15, -0.1) is 11.8 Å². The van der Waals surface area contributed by atoms with Gasteiger partial charge in [-0.1, -0.05) is 12.1 Å². The van der Waals surface area contributed by atoms with Crippen LogP contribution >= 0.6 is 23.5 Å². The number of fused-ring (bicyclic) bond motifs is 1. The van der Waals surface area contributed by atoms with Crippen molar-refractivity contribution in [3.8, 4) is 0 Å². The van der Waals surface area contributed by atoms with Gasteiger partial charge in [-0.2, -0.15) is 24.9 Å². The molecule has 2 amide bonds.